The number of amides is 2. The molecule has 24 heavy (non-hydrogen) atoms. The summed E-state index contributed by atoms with van der Waals surface area (Å²) in [5.41, 5.74) is 1.59. The molecule has 1 aliphatic heterocycles. The van der Waals surface area contributed by atoms with Gasteiger partial charge in [-0.25, -0.2) is 9.78 Å². The van der Waals surface area contributed by atoms with Crippen LogP contribution < -0.4 is 10.6 Å². The van der Waals surface area contributed by atoms with Gasteiger partial charge in [0.25, 0.3) is 0 Å². The number of carbonyl (C=O) groups is 1. The number of nitrogens with zero attached hydrogens (tertiary/aromatic N) is 3. The molecule has 0 spiro atoms. The lowest BCUT2D eigenvalue weighted by molar-refractivity contribution is 0.188. The van der Waals surface area contributed by atoms with Crippen molar-refractivity contribution in [3.63, 3.8) is 0 Å². The highest BCUT2D eigenvalue weighted by molar-refractivity contribution is 6.32. The Morgan fingerprint density at radius 1 is 1.17 bits per heavy atom. The minimum atomic E-state index is -0.243. The molecule has 0 bridgehead atoms. The number of piperidine rings is 1. The predicted octanol–water partition coefficient (Wildman–Crippen LogP) is 2.92. The molecule has 0 radical (unpaired) electrons. The van der Waals surface area contributed by atoms with Gasteiger partial charge in [0.15, 0.2) is 5.15 Å². The molecule has 2 amide bonds. The van der Waals surface area contributed by atoms with Crippen LogP contribution in [0, 0.1) is 0 Å². The number of nitrogens with one attached hydrogen (secondary N) is 2. The average molecular weight is 346 g/mol. The van der Waals surface area contributed by atoms with Crippen LogP contribution in [0.3, 0.4) is 0 Å². The molecule has 2 aromatic rings. The molecule has 126 valence electrons. The van der Waals surface area contributed by atoms with E-state index in [-0.39, 0.29) is 17.2 Å². The largest absolute Gasteiger partial charge is 0.335 e. The quantitative estimate of drug-likeness (QED) is 0.836. The minimum absolute atomic E-state index is 0.167. The minimum Gasteiger partial charge on any atom is -0.335 e. The van der Waals surface area contributed by atoms with Crippen molar-refractivity contribution in [3.05, 3.63) is 53.6 Å². The SMILES string of the molecule is O=C(Nc1cccnc1Cl)NC1CCN(Cc2ccccn2)CC1. The third-order valence-corrected chi connectivity index (χ3v) is 4.34. The first-order chi connectivity index (χ1) is 11.7. The normalized spacial score (nSPS) is 15.9. The van der Waals surface area contributed by atoms with Gasteiger partial charge >= 0.3 is 6.03 Å². The Labute approximate surface area is 146 Å². The van der Waals surface area contributed by atoms with Crippen molar-refractivity contribution < 1.29 is 4.79 Å². The van der Waals surface area contributed by atoms with Crippen LogP contribution in [0.15, 0.2) is 42.7 Å². The number of aromatic nitrogens is 2. The van der Waals surface area contributed by atoms with Gasteiger partial charge in [-0.3, -0.25) is 9.88 Å². The number of hydrogen-bond acceptors (Lipinski definition) is 4. The van der Waals surface area contributed by atoms with Gasteiger partial charge in [-0.1, -0.05) is 17.7 Å². The lowest BCUT2D eigenvalue weighted by atomic mass is 10.1. The van der Waals surface area contributed by atoms with Crippen molar-refractivity contribution in [1.82, 2.24) is 20.2 Å². The second-order valence-corrected chi connectivity index (χ2v) is 6.17. The van der Waals surface area contributed by atoms with E-state index in [1.807, 2.05) is 24.4 Å². The molecule has 3 heterocycles. The van der Waals surface area contributed by atoms with Crippen LogP contribution >= 0.6 is 11.6 Å². The topological polar surface area (TPSA) is 70.2 Å². The first kappa shape index (κ1) is 16.7. The summed E-state index contributed by atoms with van der Waals surface area (Å²) in [7, 11) is 0. The van der Waals surface area contributed by atoms with Crippen LogP contribution in [0.25, 0.3) is 0 Å². The monoisotopic (exact) mass is 345 g/mol. The zero-order valence-electron chi connectivity index (χ0n) is 13.3. The standard InChI is InChI=1S/C17H20ClN5O/c18-16-15(5-3-9-20-16)22-17(24)21-13-6-10-23(11-7-13)12-14-4-1-2-8-19-14/h1-5,8-9,13H,6-7,10-12H2,(H2,21,22,24). The summed E-state index contributed by atoms with van der Waals surface area (Å²) >= 11 is 5.94. The zero-order valence-corrected chi connectivity index (χ0v) is 14.0. The van der Waals surface area contributed by atoms with E-state index in [0.717, 1.165) is 38.2 Å². The number of hydrogen-bond donors (Lipinski definition) is 2. The lowest BCUT2D eigenvalue weighted by Crippen LogP contribution is -2.45. The summed E-state index contributed by atoms with van der Waals surface area (Å²) in [6.45, 7) is 2.73. The highest BCUT2D eigenvalue weighted by Gasteiger charge is 2.21. The highest BCUT2D eigenvalue weighted by Crippen LogP contribution is 2.18. The van der Waals surface area contributed by atoms with E-state index < -0.39 is 0 Å². The molecule has 0 aliphatic carbocycles. The summed E-state index contributed by atoms with van der Waals surface area (Å²) in [4.78, 5) is 22.7. The maximum atomic E-state index is 12.1. The summed E-state index contributed by atoms with van der Waals surface area (Å²) in [5.74, 6) is 0. The Bertz CT molecular complexity index is 674. The van der Waals surface area contributed by atoms with E-state index >= 15 is 0 Å². The number of likely N-dealkylation sites (tertiary alicyclic amines) is 1. The van der Waals surface area contributed by atoms with Crippen LogP contribution in [0.5, 0.6) is 0 Å². The Kier molecular flexibility index (Phi) is 5.61. The molecular weight excluding hydrogens is 326 g/mol. The van der Waals surface area contributed by atoms with Crippen LogP contribution in [0.2, 0.25) is 5.15 Å². The third kappa shape index (κ3) is 4.66. The smallest absolute Gasteiger partial charge is 0.319 e. The number of carbonyl (C=O) groups excluding carboxylic acids is 1. The molecule has 0 aromatic carbocycles. The predicted molar refractivity (Wildman–Crippen MR) is 93.9 cm³/mol. The van der Waals surface area contributed by atoms with Gasteiger partial charge in [-0.2, -0.15) is 0 Å². The molecule has 2 aromatic heterocycles. The molecule has 3 rings (SSSR count). The van der Waals surface area contributed by atoms with Gasteiger partial charge in [0.2, 0.25) is 0 Å². The second kappa shape index (κ2) is 8.08. The van der Waals surface area contributed by atoms with E-state index in [1.54, 1.807) is 18.3 Å². The fraction of sp³-hybridized carbons (Fsp3) is 0.353. The fourth-order valence-corrected chi connectivity index (χ4v) is 2.95. The van der Waals surface area contributed by atoms with Gasteiger partial charge in [-0.05, 0) is 37.1 Å². The summed E-state index contributed by atoms with van der Waals surface area (Å²) in [6, 6.07) is 9.35. The summed E-state index contributed by atoms with van der Waals surface area (Å²) in [5, 5.41) is 6.03. The Hall–Kier alpha value is -2.18. The van der Waals surface area contributed by atoms with Crippen molar-refractivity contribution in [3.8, 4) is 0 Å². The molecule has 1 aliphatic rings. The Morgan fingerprint density at radius 2 is 1.96 bits per heavy atom. The Balaban J connectivity index is 1.43. The van der Waals surface area contributed by atoms with Gasteiger partial charge < -0.3 is 10.6 Å². The van der Waals surface area contributed by atoms with E-state index in [2.05, 4.69) is 25.5 Å². The van der Waals surface area contributed by atoms with Gasteiger partial charge in [-0.15, -0.1) is 0 Å². The van der Waals surface area contributed by atoms with Crippen LogP contribution in [-0.4, -0.2) is 40.0 Å². The van der Waals surface area contributed by atoms with Crippen molar-refractivity contribution in [2.75, 3.05) is 18.4 Å². The van der Waals surface area contributed by atoms with Crippen molar-refractivity contribution in [1.29, 1.82) is 0 Å². The van der Waals surface area contributed by atoms with Crippen LogP contribution in [0.1, 0.15) is 18.5 Å². The molecule has 1 fully saturated rings. The second-order valence-electron chi connectivity index (χ2n) is 5.81. The number of halogens is 1. The maximum Gasteiger partial charge on any atom is 0.319 e. The van der Waals surface area contributed by atoms with Crippen LogP contribution in [0.4, 0.5) is 10.5 Å². The number of pyridine rings is 2. The number of anilines is 1. The molecule has 7 heteroatoms. The molecular formula is C17H20ClN5O. The fourth-order valence-electron chi connectivity index (χ4n) is 2.78. The average Bonchev–Trinajstić information content (AvgIpc) is 2.60. The van der Waals surface area contributed by atoms with Crippen molar-refractivity contribution in [2.45, 2.75) is 25.4 Å². The Morgan fingerprint density at radius 3 is 2.67 bits per heavy atom. The van der Waals surface area contributed by atoms with Gasteiger partial charge in [0, 0.05) is 38.1 Å². The zero-order chi connectivity index (χ0) is 16.8. The molecule has 1 saturated heterocycles. The van der Waals surface area contributed by atoms with Crippen LogP contribution in [-0.2, 0) is 6.54 Å². The molecule has 6 nitrogen and oxygen atoms in total. The van der Waals surface area contributed by atoms with Gasteiger partial charge in [0.05, 0.1) is 11.4 Å². The third-order valence-electron chi connectivity index (χ3n) is 4.04. The number of rotatable bonds is 4. The molecule has 2 N–H and O–H groups in total. The summed E-state index contributed by atoms with van der Waals surface area (Å²) < 4.78 is 0. The lowest BCUT2D eigenvalue weighted by Gasteiger charge is -2.32. The van der Waals surface area contributed by atoms with E-state index in [1.165, 1.54) is 0 Å². The number of urea groups is 1. The van der Waals surface area contributed by atoms with E-state index in [0.29, 0.717) is 5.69 Å². The van der Waals surface area contributed by atoms with Gasteiger partial charge in [0.1, 0.15) is 0 Å². The highest BCUT2D eigenvalue weighted by atomic mass is 35.5. The first-order valence-electron chi connectivity index (χ1n) is 8.01. The summed E-state index contributed by atoms with van der Waals surface area (Å²) in [6.07, 6.45) is 5.24. The van der Waals surface area contributed by atoms with E-state index in [4.69, 9.17) is 11.6 Å². The first-order valence-corrected chi connectivity index (χ1v) is 8.39. The molecule has 0 unspecified atom stereocenters. The van der Waals surface area contributed by atoms with Crippen molar-refractivity contribution >= 4 is 23.3 Å². The van der Waals surface area contributed by atoms with E-state index in [9.17, 15) is 4.79 Å². The van der Waals surface area contributed by atoms with Crippen molar-refractivity contribution in [2.24, 2.45) is 0 Å². The molecule has 0 atom stereocenters. The molecule has 0 saturated carbocycles. The maximum absolute atomic E-state index is 12.1.